The number of carbonyl (C=O) groups is 1. The predicted octanol–water partition coefficient (Wildman–Crippen LogP) is 2.40. The molecule has 7 heteroatoms. The van der Waals surface area contributed by atoms with Crippen molar-refractivity contribution in [2.24, 2.45) is 0 Å². The molecule has 0 unspecified atom stereocenters. The summed E-state index contributed by atoms with van der Waals surface area (Å²) in [6.07, 6.45) is -4.50. The lowest BCUT2D eigenvalue weighted by atomic mass is 9.88. The zero-order chi connectivity index (χ0) is 13.8. The smallest absolute Gasteiger partial charge is 0.327 e. The molecular formula is C13H14ClF3N2O. The summed E-state index contributed by atoms with van der Waals surface area (Å²) in [5, 5.41) is 3.14. The van der Waals surface area contributed by atoms with E-state index in [0.29, 0.717) is 25.2 Å². The highest BCUT2D eigenvalue weighted by Crippen LogP contribution is 2.44. The van der Waals surface area contributed by atoms with Gasteiger partial charge < -0.3 is 10.2 Å². The molecule has 0 aromatic heterocycles. The predicted molar refractivity (Wildman–Crippen MR) is 70.0 cm³/mol. The van der Waals surface area contributed by atoms with Crippen molar-refractivity contribution >= 4 is 18.3 Å². The Kier molecular flexibility index (Phi) is 3.50. The Morgan fingerprint density at radius 2 is 2.05 bits per heavy atom. The first-order valence-corrected chi connectivity index (χ1v) is 6.09. The SMILES string of the molecule is C[C@@]12CNCCN1C(=O)c1c(C(F)(F)F)cccc12.Cl. The van der Waals surface area contributed by atoms with Crippen LogP contribution >= 0.6 is 12.4 Å². The largest absolute Gasteiger partial charge is 0.417 e. The molecule has 1 saturated heterocycles. The van der Waals surface area contributed by atoms with E-state index in [1.54, 1.807) is 11.0 Å². The average molecular weight is 307 g/mol. The second kappa shape index (κ2) is 4.63. The van der Waals surface area contributed by atoms with Crippen molar-refractivity contribution in [1.29, 1.82) is 0 Å². The number of benzene rings is 1. The number of fused-ring (bicyclic) bond motifs is 3. The van der Waals surface area contributed by atoms with Crippen LogP contribution in [0.5, 0.6) is 0 Å². The normalized spacial score (nSPS) is 25.0. The molecule has 1 amide bonds. The van der Waals surface area contributed by atoms with Crippen LogP contribution in [-0.4, -0.2) is 30.4 Å². The van der Waals surface area contributed by atoms with Gasteiger partial charge in [0.2, 0.25) is 0 Å². The quantitative estimate of drug-likeness (QED) is 0.798. The fourth-order valence-electron chi connectivity index (χ4n) is 3.03. The van der Waals surface area contributed by atoms with E-state index in [4.69, 9.17) is 0 Å². The van der Waals surface area contributed by atoms with E-state index in [0.717, 1.165) is 6.07 Å². The van der Waals surface area contributed by atoms with Gasteiger partial charge in [-0.15, -0.1) is 12.4 Å². The number of carbonyl (C=O) groups excluding carboxylic acids is 1. The zero-order valence-corrected chi connectivity index (χ0v) is 11.6. The molecular weight excluding hydrogens is 293 g/mol. The van der Waals surface area contributed by atoms with Crippen LogP contribution in [0.1, 0.15) is 28.4 Å². The molecule has 2 aliphatic heterocycles. The Balaban J connectivity index is 0.00000147. The van der Waals surface area contributed by atoms with E-state index in [9.17, 15) is 18.0 Å². The zero-order valence-electron chi connectivity index (χ0n) is 10.8. The standard InChI is InChI=1S/C13H13F3N2O.ClH/c1-12-7-17-5-6-18(12)11(19)10-8(12)3-2-4-9(10)13(14,15)16;/h2-4,17H,5-7H2,1H3;1H/t12-;/m0./s1. The maximum atomic E-state index is 13.0. The van der Waals surface area contributed by atoms with Crippen molar-refractivity contribution in [1.82, 2.24) is 10.2 Å². The first-order chi connectivity index (χ1) is 8.86. The Hall–Kier alpha value is -1.27. The number of piperazine rings is 1. The van der Waals surface area contributed by atoms with Crippen LogP contribution in [0.25, 0.3) is 0 Å². The minimum atomic E-state index is -4.50. The summed E-state index contributed by atoms with van der Waals surface area (Å²) in [6.45, 7) is 3.33. The van der Waals surface area contributed by atoms with E-state index in [2.05, 4.69) is 5.32 Å². The van der Waals surface area contributed by atoms with Crippen molar-refractivity contribution in [3.05, 3.63) is 34.9 Å². The number of amides is 1. The molecule has 1 aromatic carbocycles. The molecule has 0 saturated carbocycles. The lowest BCUT2D eigenvalue weighted by molar-refractivity contribution is -0.137. The van der Waals surface area contributed by atoms with Crippen LogP contribution in [0, 0.1) is 0 Å². The van der Waals surface area contributed by atoms with Crippen molar-refractivity contribution in [3.8, 4) is 0 Å². The van der Waals surface area contributed by atoms with Gasteiger partial charge in [0.25, 0.3) is 5.91 Å². The fourth-order valence-corrected chi connectivity index (χ4v) is 3.03. The van der Waals surface area contributed by atoms with Gasteiger partial charge in [-0.05, 0) is 18.6 Å². The monoisotopic (exact) mass is 306 g/mol. The fraction of sp³-hybridized carbons (Fsp3) is 0.462. The first kappa shape index (κ1) is 15.1. The number of halogens is 4. The molecule has 0 spiro atoms. The molecule has 2 heterocycles. The molecule has 1 N–H and O–H groups in total. The molecule has 110 valence electrons. The molecule has 0 radical (unpaired) electrons. The average Bonchev–Trinajstić information content (AvgIpc) is 2.58. The second-order valence-electron chi connectivity index (χ2n) is 5.13. The minimum absolute atomic E-state index is 0. The van der Waals surface area contributed by atoms with Crippen LogP contribution in [0.4, 0.5) is 13.2 Å². The van der Waals surface area contributed by atoms with Crippen LogP contribution in [-0.2, 0) is 11.7 Å². The van der Waals surface area contributed by atoms with E-state index in [1.165, 1.54) is 6.07 Å². The highest BCUT2D eigenvalue weighted by atomic mass is 35.5. The topological polar surface area (TPSA) is 32.3 Å². The molecule has 1 atom stereocenters. The third-order valence-electron chi connectivity index (χ3n) is 3.99. The molecule has 3 nitrogen and oxygen atoms in total. The Morgan fingerprint density at radius 3 is 2.70 bits per heavy atom. The molecule has 1 aromatic rings. The summed E-state index contributed by atoms with van der Waals surface area (Å²) in [5.41, 5.74) is -1.21. The maximum absolute atomic E-state index is 13.0. The van der Waals surface area contributed by atoms with E-state index < -0.39 is 23.2 Å². The molecule has 0 bridgehead atoms. The molecule has 3 rings (SSSR count). The van der Waals surface area contributed by atoms with Gasteiger partial charge in [-0.25, -0.2) is 0 Å². The van der Waals surface area contributed by atoms with Crippen molar-refractivity contribution in [2.45, 2.75) is 18.6 Å². The van der Waals surface area contributed by atoms with E-state index in [-0.39, 0.29) is 18.0 Å². The van der Waals surface area contributed by atoms with Crippen molar-refractivity contribution in [2.75, 3.05) is 19.6 Å². The van der Waals surface area contributed by atoms with Gasteiger partial charge in [0, 0.05) is 19.6 Å². The summed E-state index contributed by atoms with van der Waals surface area (Å²) >= 11 is 0. The van der Waals surface area contributed by atoms with Crippen LogP contribution in [0.3, 0.4) is 0 Å². The Labute approximate surface area is 120 Å². The Morgan fingerprint density at radius 1 is 1.35 bits per heavy atom. The van der Waals surface area contributed by atoms with Crippen molar-refractivity contribution in [3.63, 3.8) is 0 Å². The molecule has 20 heavy (non-hydrogen) atoms. The third-order valence-corrected chi connectivity index (χ3v) is 3.99. The summed E-state index contributed by atoms with van der Waals surface area (Å²) in [7, 11) is 0. The summed E-state index contributed by atoms with van der Waals surface area (Å²) in [4.78, 5) is 13.8. The summed E-state index contributed by atoms with van der Waals surface area (Å²) in [5.74, 6) is -0.507. The van der Waals surface area contributed by atoms with Gasteiger partial charge in [-0.2, -0.15) is 13.2 Å². The van der Waals surface area contributed by atoms with Crippen LogP contribution < -0.4 is 5.32 Å². The van der Waals surface area contributed by atoms with Gasteiger partial charge in [-0.3, -0.25) is 4.79 Å². The lowest BCUT2D eigenvalue weighted by Crippen LogP contribution is -2.55. The van der Waals surface area contributed by atoms with Gasteiger partial charge >= 0.3 is 6.18 Å². The molecule has 2 aliphatic rings. The third kappa shape index (κ3) is 1.90. The summed E-state index contributed by atoms with van der Waals surface area (Å²) in [6, 6.07) is 3.97. The molecule has 0 aliphatic carbocycles. The highest BCUT2D eigenvalue weighted by molar-refractivity contribution is 6.01. The van der Waals surface area contributed by atoms with Gasteiger partial charge in [0.15, 0.2) is 0 Å². The minimum Gasteiger partial charge on any atom is -0.327 e. The molecule has 1 fully saturated rings. The van der Waals surface area contributed by atoms with Gasteiger partial charge in [0.05, 0.1) is 16.7 Å². The van der Waals surface area contributed by atoms with Gasteiger partial charge in [0.1, 0.15) is 0 Å². The number of alkyl halides is 3. The lowest BCUT2D eigenvalue weighted by Gasteiger charge is -2.40. The van der Waals surface area contributed by atoms with E-state index >= 15 is 0 Å². The maximum Gasteiger partial charge on any atom is 0.417 e. The van der Waals surface area contributed by atoms with Gasteiger partial charge in [-0.1, -0.05) is 12.1 Å². The second-order valence-corrected chi connectivity index (χ2v) is 5.13. The number of nitrogens with one attached hydrogen (secondary N) is 1. The van der Waals surface area contributed by atoms with Crippen molar-refractivity contribution < 1.29 is 18.0 Å². The van der Waals surface area contributed by atoms with Crippen LogP contribution in [0.15, 0.2) is 18.2 Å². The number of nitrogens with zero attached hydrogens (tertiary/aromatic N) is 1. The van der Waals surface area contributed by atoms with Crippen LogP contribution in [0.2, 0.25) is 0 Å². The number of rotatable bonds is 0. The number of hydrogen-bond donors (Lipinski definition) is 1. The first-order valence-electron chi connectivity index (χ1n) is 6.09. The van der Waals surface area contributed by atoms with E-state index in [1.807, 2.05) is 6.92 Å². The Bertz CT molecular complexity index is 561. The highest BCUT2D eigenvalue weighted by Gasteiger charge is 2.51. The number of hydrogen-bond acceptors (Lipinski definition) is 2. The summed E-state index contributed by atoms with van der Waals surface area (Å²) < 4.78 is 39.1.